The molecule has 0 radical (unpaired) electrons. The van der Waals surface area contributed by atoms with Gasteiger partial charge in [0.1, 0.15) is 5.82 Å². The first-order chi connectivity index (χ1) is 10.1. The molecule has 112 valence electrons. The van der Waals surface area contributed by atoms with Crippen LogP contribution in [0, 0.1) is 29.0 Å². The van der Waals surface area contributed by atoms with E-state index in [1.54, 1.807) is 0 Å². The maximum atomic E-state index is 13.6. The molecule has 0 amide bonds. The summed E-state index contributed by atoms with van der Waals surface area (Å²) < 4.78 is 13.6. The van der Waals surface area contributed by atoms with Crippen LogP contribution < -0.4 is 5.32 Å². The number of hydrogen-bond donors (Lipinski definition) is 2. The fraction of sp³-hybridized carbons (Fsp3) is 0.500. The number of aliphatic carboxylic acids is 1. The van der Waals surface area contributed by atoms with Crippen LogP contribution in [0.4, 0.5) is 4.39 Å². The Morgan fingerprint density at radius 3 is 2.90 bits per heavy atom. The molecule has 2 rings (SSSR count). The number of rotatable bonds is 5. The molecule has 1 aromatic carbocycles. The Bertz CT molecular complexity index is 554. The maximum Gasteiger partial charge on any atom is 0.306 e. The number of nitrogens with zero attached hydrogens (tertiary/aromatic N) is 1. The normalized spacial score (nSPS) is 21.7. The number of nitriles is 1. The molecular weight excluding hydrogens is 271 g/mol. The number of hydrogen-bond acceptors (Lipinski definition) is 3. The lowest BCUT2D eigenvalue weighted by Crippen LogP contribution is -2.34. The van der Waals surface area contributed by atoms with Crippen LogP contribution in [0.15, 0.2) is 18.2 Å². The number of benzene rings is 1. The van der Waals surface area contributed by atoms with Crippen LogP contribution in [0.5, 0.6) is 0 Å². The van der Waals surface area contributed by atoms with Crippen LogP contribution in [-0.4, -0.2) is 17.6 Å². The van der Waals surface area contributed by atoms with E-state index < -0.39 is 5.97 Å². The average Bonchev–Trinajstić information content (AvgIpc) is 2.49. The molecule has 2 N–H and O–H groups in total. The van der Waals surface area contributed by atoms with E-state index in [4.69, 9.17) is 5.26 Å². The molecule has 1 aliphatic rings. The molecule has 21 heavy (non-hydrogen) atoms. The first kappa shape index (κ1) is 15.5. The number of carboxylic acid groups (broad SMARTS) is 1. The van der Waals surface area contributed by atoms with E-state index >= 15 is 0 Å². The molecule has 2 unspecified atom stereocenters. The van der Waals surface area contributed by atoms with Gasteiger partial charge in [-0.15, -0.1) is 0 Å². The van der Waals surface area contributed by atoms with Crippen molar-refractivity contribution in [2.24, 2.45) is 11.8 Å². The van der Waals surface area contributed by atoms with Gasteiger partial charge in [-0.25, -0.2) is 4.39 Å². The quantitative estimate of drug-likeness (QED) is 0.874. The molecule has 0 aliphatic heterocycles. The third-order valence-electron chi connectivity index (χ3n) is 4.12. The summed E-state index contributed by atoms with van der Waals surface area (Å²) in [6, 6.07) is 6.24. The maximum absolute atomic E-state index is 13.6. The monoisotopic (exact) mass is 290 g/mol. The van der Waals surface area contributed by atoms with E-state index in [2.05, 4.69) is 5.32 Å². The van der Waals surface area contributed by atoms with Crippen molar-refractivity contribution in [3.8, 4) is 6.07 Å². The summed E-state index contributed by atoms with van der Waals surface area (Å²) in [6.45, 7) is 0.872. The van der Waals surface area contributed by atoms with Gasteiger partial charge in [0.15, 0.2) is 0 Å². The molecule has 0 saturated heterocycles. The Labute approximate surface area is 123 Å². The summed E-state index contributed by atoms with van der Waals surface area (Å²) in [5.74, 6) is -1.29. The summed E-state index contributed by atoms with van der Waals surface area (Å²) in [6.07, 6.45) is 3.63. The fourth-order valence-electron chi connectivity index (χ4n) is 2.95. The summed E-state index contributed by atoms with van der Waals surface area (Å²) in [7, 11) is 0. The number of carbonyl (C=O) groups is 1. The van der Waals surface area contributed by atoms with Crippen molar-refractivity contribution in [2.45, 2.75) is 32.2 Å². The van der Waals surface area contributed by atoms with E-state index in [0.717, 1.165) is 25.7 Å². The third-order valence-corrected chi connectivity index (χ3v) is 4.12. The number of carboxylic acids is 1. The lowest BCUT2D eigenvalue weighted by molar-refractivity contribution is -0.144. The van der Waals surface area contributed by atoms with Crippen molar-refractivity contribution in [3.63, 3.8) is 0 Å². The highest BCUT2D eigenvalue weighted by Gasteiger charge is 2.30. The van der Waals surface area contributed by atoms with Crippen LogP contribution in [0.1, 0.15) is 36.8 Å². The fourth-order valence-corrected chi connectivity index (χ4v) is 2.95. The molecule has 0 spiro atoms. The van der Waals surface area contributed by atoms with Gasteiger partial charge in [0.25, 0.3) is 0 Å². The van der Waals surface area contributed by atoms with Crippen LogP contribution in [-0.2, 0) is 11.3 Å². The number of nitrogens with one attached hydrogen (secondary N) is 1. The van der Waals surface area contributed by atoms with Crippen molar-refractivity contribution in [1.29, 1.82) is 5.26 Å². The Morgan fingerprint density at radius 1 is 1.43 bits per heavy atom. The lowest BCUT2D eigenvalue weighted by atomic mass is 9.79. The van der Waals surface area contributed by atoms with Crippen molar-refractivity contribution >= 4 is 5.97 Å². The predicted molar refractivity (Wildman–Crippen MR) is 75.9 cm³/mol. The zero-order valence-corrected chi connectivity index (χ0v) is 11.8. The minimum atomic E-state index is -0.737. The first-order valence-corrected chi connectivity index (χ1v) is 7.24. The van der Waals surface area contributed by atoms with Crippen molar-refractivity contribution in [1.82, 2.24) is 5.32 Å². The second kappa shape index (κ2) is 7.19. The minimum absolute atomic E-state index is 0.0958. The molecular formula is C16H19FN2O2. The highest BCUT2D eigenvalue weighted by atomic mass is 19.1. The van der Waals surface area contributed by atoms with Crippen LogP contribution in [0.25, 0.3) is 0 Å². The standard InChI is InChI=1S/C16H19FN2O2/c17-15-6-5-11(8-18)7-13(15)10-19-9-12-3-1-2-4-14(12)16(20)21/h5-7,12,14,19H,1-4,9-10H2,(H,20,21). The van der Waals surface area contributed by atoms with Gasteiger partial charge in [0.05, 0.1) is 17.6 Å². The minimum Gasteiger partial charge on any atom is -0.481 e. The van der Waals surface area contributed by atoms with Gasteiger partial charge in [0, 0.05) is 12.1 Å². The van der Waals surface area contributed by atoms with Gasteiger partial charge in [-0.05, 0) is 43.5 Å². The highest BCUT2D eigenvalue weighted by molar-refractivity contribution is 5.70. The summed E-state index contributed by atoms with van der Waals surface area (Å²) in [5.41, 5.74) is 0.867. The third kappa shape index (κ3) is 4.02. The Hall–Kier alpha value is -1.93. The molecule has 4 nitrogen and oxygen atoms in total. The second-order valence-electron chi connectivity index (χ2n) is 5.54. The zero-order chi connectivity index (χ0) is 15.2. The second-order valence-corrected chi connectivity index (χ2v) is 5.54. The van der Waals surface area contributed by atoms with E-state index in [1.165, 1.54) is 18.2 Å². The van der Waals surface area contributed by atoms with Crippen molar-refractivity contribution in [2.75, 3.05) is 6.54 Å². The molecule has 1 aromatic rings. The van der Waals surface area contributed by atoms with E-state index in [9.17, 15) is 14.3 Å². The molecule has 0 aromatic heterocycles. The highest BCUT2D eigenvalue weighted by Crippen LogP contribution is 2.29. The van der Waals surface area contributed by atoms with Gasteiger partial charge >= 0.3 is 5.97 Å². The Kier molecular flexibility index (Phi) is 5.29. The summed E-state index contributed by atoms with van der Waals surface area (Å²) in [5, 5.41) is 21.2. The predicted octanol–water partition coefficient (Wildman–Crippen LogP) is 2.68. The Morgan fingerprint density at radius 2 is 2.19 bits per heavy atom. The van der Waals surface area contributed by atoms with Crippen molar-refractivity contribution in [3.05, 3.63) is 35.1 Å². The molecule has 1 aliphatic carbocycles. The molecule has 2 atom stereocenters. The summed E-state index contributed by atoms with van der Waals surface area (Å²) in [4.78, 5) is 11.2. The number of halogens is 1. The summed E-state index contributed by atoms with van der Waals surface area (Å²) >= 11 is 0. The van der Waals surface area contributed by atoms with Crippen molar-refractivity contribution < 1.29 is 14.3 Å². The SMILES string of the molecule is N#Cc1ccc(F)c(CNCC2CCCCC2C(=O)O)c1. The lowest BCUT2D eigenvalue weighted by Gasteiger charge is -2.28. The Balaban J connectivity index is 1.91. The van der Waals surface area contributed by atoms with Gasteiger partial charge in [0.2, 0.25) is 0 Å². The zero-order valence-electron chi connectivity index (χ0n) is 11.8. The molecule has 1 saturated carbocycles. The molecule has 5 heteroatoms. The largest absolute Gasteiger partial charge is 0.481 e. The van der Waals surface area contributed by atoms with E-state index in [1.807, 2.05) is 6.07 Å². The van der Waals surface area contributed by atoms with Gasteiger partial charge in [-0.2, -0.15) is 5.26 Å². The molecule has 0 heterocycles. The van der Waals surface area contributed by atoms with Crippen LogP contribution in [0.3, 0.4) is 0 Å². The van der Waals surface area contributed by atoms with E-state index in [0.29, 0.717) is 24.2 Å². The first-order valence-electron chi connectivity index (χ1n) is 7.24. The van der Waals surface area contributed by atoms with Crippen LogP contribution in [0.2, 0.25) is 0 Å². The van der Waals surface area contributed by atoms with E-state index in [-0.39, 0.29) is 17.7 Å². The average molecular weight is 290 g/mol. The topological polar surface area (TPSA) is 73.1 Å². The molecule has 1 fully saturated rings. The van der Waals surface area contributed by atoms with Gasteiger partial charge in [-0.1, -0.05) is 12.8 Å². The van der Waals surface area contributed by atoms with Gasteiger partial charge < -0.3 is 10.4 Å². The van der Waals surface area contributed by atoms with Gasteiger partial charge in [-0.3, -0.25) is 4.79 Å². The van der Waals surface area contributed by atoms with Crippen LogP contribution >= 0.6 is 0 Å². The molecule has 0 bridgehead atoms. The smallest absolute Gasteiger partial charge is 0.306 e.